The van der Waals surface area contributed by atoms with Gasteiger partial charge in [-0.1, -0.05) is 20.8 Å². The molecule has 2 rings (SSSR count). The molecule has 2 unspecified atom stereocenters. The maximum absolute atomic E-state index is 5.55. The number of rotatable bonds is 5. The van der Waals surface area contributed by atoms with Crippen LogP contribution in [0.5, 0.6) is 0 Å². The Bertz CT molecular complexity index is 258. The van der Waals surface area contributed by atoms with Gasteiger partial charge < -0.3 is 10.1 Å². The van der Waals surface area contributed by atoms with Gasteiger partial charge in [-0.15, -0.1) is 0 Å². The van der Waals surface area contributed by atoms with Crippen LogP contribution in [0.2, 0.25) is 0 Å². The summed E-state index contributed by atoms with van der Waals surface area (Å²) in [4.78, 5) is 2.66. The summed E-state index contributed by atoms with van der Waals surface area (Å²) in [5.74, 6) is 0.945. The minimum Gasteiger partial charge on any atom is -0.380 e. The van der Waals surface area contributed by atoms with Gasteiger partial charge in [0.05, 0.1) is 6.61 Å². The van der Waals surface area contributed by atoms with Crippen LogP contribution in [-0.2, 0) is 4.74 Å². The van der Waals surface area contributed by atoms with Crippen molar-refractivity contribution in [1.29, 1.82) is 0 Å². The van der Waals surface area contributed by atoms with Crippen LogP contribution < -0.4 is 5.32 Å². The highest BCUT2D eigenvalue weighted by atomic mass is 16.5. The molecule has 1 N–H and O–H groups in total. The van der Waals surface area contributed by atoms with E-state index in [0.717, 1.165) is 38.3 Å². The van der Waals surface area contributed by atoms with Crippen LogP contribution in [0, 0.1) is 11.3 Å². The summed E-state index contributed by atoms with van der Waals surface area (Å²) in [5.41, 5.74) is 0.341. The molecule has 0 aromatic heterocycles. The summed E-state index contributed by atoms with van der Waals surface area (Å²) in [6, 6.07) is 1.36. The summed E-state index contributed by atoms with van der Waals surface area (Å²) < 4.78 is 5.55. The van der Waals surface area contributed by atoms with Crippen LogP contribution in [0.1, 0.15) is 40.5 Å². The van der Waals surface area contributed by atoms with Crippen molar-refractivity contribution in [2.75, 3.05) is 32.8 Å². The molecule has 0 bridgehead atoms. The first-order valence-electron chi connectivity index (χ1n) is 7.57. The summed E-state index contributed by atoms with van der Waals surface area (Å²) in [5, 5.41) is 3.78. The molecule has 2 aliphatic rings. The molecule has 3 heteroatoms. The molecule has 0 amide bonds. The van der Waals surface area contributed by atoms with Crippen LogP contribution in [0.4, 0.5) is 0 Å². The third kappa shape index (κ3) is 3.69. The second-order valence-electron chi connectivity index (χ2n) is 6.93. The maximum Gasteiger partial charge on any atom is 0.0593 e. The van der Waals surface area contributed by atoms with Crippen LogP contribution >= 0.6 is 0 Å². The molecular formula is C15H30N2O. The average Bonchev–Trinajstić information content (AvgIpc) is 3.11. The Morgan fingerprint density at radius 3 is 2.56 bits per heavy atom. The van der Waals surface area contributed by atoms with Gasteiger partial charge >= 0.3 is 0 Å². The summed E-state index contributed by atoms with van der Waals surface area (Å²) in [6.45, 7) is 14.3. The molecule has 0 radical (unpaired) electrons. The second kappa shape index (κ2) is 5.89. The number of nitrogens with zero attached hydrogens (tertiary/aromatic N) is 1. The molecular weight excluding hydrogens is 224 g/mol. The van der Waals surface area contributed by atoms with E-state index in [9.17, 15) is 0 Å². The van der Waals surface area contributed by atoms with Crippen LogP contribution in [0.3, 0.4) is 0 Å². The van der Waals surface area contributed by atoms with Gasteiger partial charge in [-0.05, 0) is 31.1 Å². The molecule has 0 aromatic rings. The average molecular weight is 254 g/mol. The van der Waals surface area contributed by atoms with E-state index in [1.165, 1.54) is 19.4 Å². The lowest BCUT2D eigenvalue weighted by atomic mass is 9.83. The highest BCUT2D eigenvalue weighted by molar-refractivity contribution is 4.97. The quantitative estimate of drug-likeness (QED) is 0.761. The second-order valence-corrected chi connectivity index (χ2v) is 6.93. The van der Waals surface area contributed by atoms with Crippen molar-refractivity contribution in [3.63, 3.8) is 0 Å². The third-order valence-electron chi connectivity index (χ3n) is 4.36. The molecule has 1 aliphatic carbocycles. The Kier molecular flexibility index (Phi) is 4.68. The number of hydrogen-bond donors (Lipinski definition) is 1. The third-order valence-corrected chi connectivity index (χ3v) is 4.36. The van der Waals surface area contributed by atoms with Crippen molar-refractivity contribution in [2.24, 2.45) is 11.3 Å². The van der Waals surface area contributed by atoms with Gasteiger partial charge in [0.15, 0.2) is 0 Å². The summed E-state index contributed by atoms with van der Waals surface area (Å²) in [7, 11) is 0. The van der Waals surface area contributed by atoms with Crippen molar-refractivity contribution in [3.05, 3.63) is 0 Å². The van der Waals surface area contributed by atoms with Crippen LogP contribution in [-0.4, -0.2) is 49.8 Å². The Morgan fingerprint density at radius 2 is 2.00 bits per heavy atom. The van der Waals surface area contributed by atoms with Gasteiger partial charge in [0.2, 0.25) is 0 Å². The molecule has 1 saturated heterocycles. The Labute approximate surface area is 112 Å². The Hall–Kier alpha value is -0.120. The van der Waals surface area contributed by atoms with Gasteiger partial charge in [0.25, 0.3) is 0 Å². The minimum absolute atomic E-state index is 0.341. The molecule has 3 nitrogen and oxygen atoms in total. The van der Waals surface area contributed by atoms with E-state index >= 15 is 0 Å². The fraction of sp³-hybridized carbons (Fsp3) is 1.00. The zero-order valence-corrected chi connectivity index (χ0v) is 12.5. The predicted molar refractivity (Wildman–Crippen MR) is 75.8 cm³/mol. The number of nitrogens with one attached hydrogen (secondary N) is 1. The smallest absolute Gasteiger partial charge is 0.0593 e. The Morgan fingerprint density at radius 1 is 1.28 bits per heavy atom. The van der Waals surface area contributed by atoms with Crippen LogP contribution in [0.25, 0.3) is 0 Å². The molecule has 2 fully saturated rings. The van der Waals surface area contributed by atoms with Crippen molar-refractivity contribution in [1.82, 2.24) is 10.2 Å². The molecule has 1 saturated carbocycles. The van der Waals surface area contributed by atoms with E-state index in [0.29, 0.717) is 11.5 Å². The monoisotopic (exact) mass is 254 g/mol. The van der Waals surface area contributed by atoms with E-state index in [2.05, 4.69) is 37.9 Å². The number of piperazine rings is 1. The SMILES string of the molecule is CCOCCN1CC(C2CC2)NCC1C(C)(C)C. The van der Waals surface area contributed by atoms with E-state index in [4.69, 9.17) is 4.74 Å². The lowest BCUT2D eigenvalue weighted by Gasteiger charge is -2.46. The van der Waals surface area contributed by atoms with E-state index < -0.39 is 0 Å². The normalized spacial score (nSPS) is 30.7. The zero-order chi connectivity index (χ0) is 13.2. The molecule has 2 atom stereocenters. The first kappa shape index (κ1) is 14.3. The molecule has 1 aliphatic heterocycles. The van der Waals surface area contributed by atoms with E-state index in [-0.39, 0.29) is 0 Å². The van der Waals surface area contributed by atoms with Gasteiger partial charge in [-0.3, -0.25) is 4.90 Å². The summed E-state index contributed by atoms with van der Waals surface area (Å²) in [6.07, 6.45) is 2.86. The van der Waals surface area contributed by atoms with Crippen molar-refractivity contribution in [2.45, 2.75) is 52.6 Å². The lowest BCUT2D eigenvalue weighted by Crippen LogP contribution is -2.61. The molecule has 1 heterocycles. The van der Waals surface area contributed by atoms with Gasteiger partial charge in [0, 0.05) is 38.3 Å². The highest BCUT2D eigenvalue weighted by Crippen LogP contribution is 2.36. The van der Waals surface area contributed by atoms with Gasteiger partial charge in [0.1, 0.15) is 0 Å². The molecule has 0 spiro atoms. The number of hydrogen-bond acceptors (Lipinski definition) is 3. The lowest BCUT2D eigenvalue weighted by molar-refractivity contribution is 0.0241. The van der Waals surface area contributed by atoms with Crippen molar-refractivity contribution >= 4 is 0 Å². The topological polar surface area (TPSA) is 24.5 Å². The first-order chi connectivity index (χ1) is 8.52. The standard InChI is InChI=1S/C15H30N2O/c1-5-18-9-8-17-11-13(12-6-7-12)16-10-14(17)15(2,3)4/h12-14,16H,5-11H2,1-4H3. The van der Waals surface area contributed by atoms with Crippen molar-refractivity contribution < 1.29 is 4.74 Å². The maximum atomic E-state index is 5.55. The predicted octanol–water partition coefficient (Wildman–Crippen LogP) is 2.12. The number of ether oxygens (including phenoxy) is 1. The molecule has 106 valence electrons. The molecule has 18 heavy (non-hydrogen) atoms. The van der Waals surface area contributed by atoms with Gasteiger partial charge in [-0.2, -0.15) is 0 Å². The van der Waals surface area contributed by atoms with E-state index in [1.54, 1.807) is 0 Å². The largest absolute Gasteiger partial charge is 0.380 e. The van der Waals surface area contributed by atoms with Crippen LogP contribution in [0.15, 0.2) is 0 Å². The fourth-order valence-electron chi connectivity index (χ4n) is 3.08. The highest BCUT2D eigenvalue weighted by Gasteiger charge is 2.40. The zero-order valence-electron chi connectivity index (χ0n) is 12.5. The van der Waals surface area contributed by atoms with E-state index in [1.807, 2.05) is 0 Å². The molecule has 0 aromatic carbocycles. The summed E-state index contributed by atoms with van der Waals surface area (Å²) >= 11 is 0. The fourth-order valence-corrected chi connectivity index (χ4v) is 3.08. The Balaban J connectivity index is 1.91. The van der Waals surface area contributed by atoms with Crippen molar-refractivity contribution in [3.8, 4) is 0 Å². The van der Waals surface area contributed by atoms with Gasteiger partial charge in [-0.25, -0.2) is 0 Å². The first-order valence-corrected chi connectivity index (χ1v) is 7.57. The minimum atomic E-state index is 0.341.